The van der Waals surface area contributed by atoms with Crippen LogP contribution in [-0.4, -0.2) is 64.2 Å². The molecule has 2 aromatic carbocycles. The van der Waals surface area contributed by atoms with Crippen LogP contribution >= 0.6 is 0 Å². The largest absolute Gasteiger partial charge is 0.489 e. The second kappa shape index (κ2) is 23.7. The summed E-state index contributed by atoms with van der Waals surface area (Å²) in [5.74, 6) is -2.77. The summed E-state index contributed by atoms with van der Waals surface area (Å²) < 4.78 is 48.8. The maximum Gasteiger partial charge on any atom is 0.338 e. The minimum atomic E-state index is -3.88. The fourth-order valence-electron chi connectivity index (χ4n) is 5.76. The molecule has 1 amide bonds. The molecule has 12 nitrogen and oxygen atoms in total. The second-order valence-electron chi connectivity index (χ2n) is 15.3. The van der Waals surface area contributed by atoms with Crippen molar-refractivity contribution in [1.82, 2.24) is 0 Å². The predicted molar refractivity (Wildman–Crippen MR) is 217 cm³/mol. The van der Waals surface area contributed by atoms with Crippen LogP contribution in [0, 0.1) is 5.41 Å². The molecule has 308 valence electrons. The van der Waals surface area contributed by atoms with E-state index < -0.39 is 45.2 Å². The van der Waals surface area contributed by atoms with Crippen LogP contribution in [-0.2, 0) is 29.1 Å². The molecular weight excluding hydrogens is 725 g/mol. The lowest BCUT2D eigenvalue weighted by Gasteiger charge is -2.26. The highest BCUT2D eigenvalue weighted by Gasteiger charge is 2.38. The first-order valence-electron chi connectivity index (χ1n) is 19.7. The molecule has 0 aliphatic carbocycles. The number of esters is 2. The second-order valence-corrected chi connectivity index (χ2v) is 17.0. The number of anilines is 2. The van der Waals surface area contributed by atoms with Gasteiger partial charge < -0.3 is 24.3 Å². The van der Waals surface area contributed by atoms with Crippen LogP contribution in [0.25, 0.3) is 0 Å². The van der Waals surface area contributed by atoms with Gasteiger partial charge in [0.15, 0.2) is 5.78 Å². The number of sulfonamides is 1. The third kappa shape index (κ3) is 17.9. The molecule has 0 aliphatic heterocycles. The molecule has 0 radical (unpaired) electrons. The number of amides is 1. The molecular formula is C42H64N2O10S. The van der Waals surface area contributed by atoms with Crippen LogP contribution in [0.15, 0.2) is 36.4 Å². The molecule has 0 bridgehead atoms. The van der Waals surface area contributed by atoms with E-state index in [1.54, 1.807) is 46.8 Å². The molecule has 2 rings (SSSR count). The number of carbonyl (C=O) groups excluding carboxylic acids is 4. The Hall–Kier alpha value is -4.13. The van der Waals surface area contributed by atoms with Gasteiger partial charge in [0.25, 0.3) is 5.91 Å². The van der Waals surface area contributed by atoms with E-state index in [-0.39, 0.29) is 46.7 Å². The van der Waals surface area contributed by atoms with Gasteiger partial charge in [0, 0.05) is 5.41 Å². The molecule has 2 aromatic rings. The SMILES string of the molecule is CCCCCCCCCCCCCCCCOC(=O)c1ccc(OC(C)C)c(NC(=O)C(Oc2ccc(C(=O)OC)cc2NS(C)(=O)=O)C(=O)C(C)(C)C)c1. The minimum absolute atomic E-state index is 0.00710. The van der Waals surface area contributed by atoms with E-state index in [1.807, 2.05) is 0 Å². The third-order valence-corrected chi connectivity index (χ3v) is 9.31. The topological polar surface area (TPSA) is 163 Å². The van der Waals surface area contributed by atoms with Gasteiger partial charge in [-0.1, -0.05) is 111 Å². The quantitative estimate of drug-likeness (QED) is 0.0534. The Bertz CT molecular complexity index is 1650. The van der Waals surface area contributed by atoms with Crippen LogP contribution in [0.2, 0.25) is 0 Å². The van der Waals surface area contributed by atoms with Gasteiger partial charge in [0.2, 0.25) is 16.1 Å². The number of hydrogen-bond acceptors (Lipinski definition) is 10. The molecule has 55 heavy (non-hydrogen) atoms. The summed E-state index contributed by atoms with van der Waals surface area (Å²) in [5, 5.41) is 2.68. The average Bonchev–Trinajstić information content (AvgIpc) is 3.11. The number of unbranched alkanes of at least 4 members (excludes halogenated alkanes) is 13. The molecule has 0 saturated carbocycles. The highest BCUT2D eigenvalue weighted by molar-refractivity contribution is 7.92. The summed E-state index contributed by atoms with van der Waals surface area (Å²) in [5.41, 5.74) is -0.969. The van der Waals surface area contributed by atoms with E-state index in [0.29, 0.717) is 0 Å². The number of ketones is 1. The molecule has 1 atom stereocenters. The van der Waals surface area contributed by atoms with Gasteiger partial charge in [-0.15, -0.1) is 0 Å². The zero-order valence-electron chi connectivity index (χ0n) is 34.2. The predicted octanol–water partition coefficient (Wildman–Crippen LogP) is 9.27. The molecule has 0 heterocycles. The Morgan fingerprint density at radius 2 is 1.16 bits per heavy atom. The average molecular weight is 789 g/mol. The molecule has 0 aromatic heterocycles. The number of methoxy groups -OCH3 is 1. The molecule has 13 heteroatoms. The lowest BCUT2D eigenvalue weighted by molar-refractivity contribution is -0.140. The van der Waals surface area contributed by atoms with Crippen LogP contribution in [0.1, 0.15) is 152 Å². The van der Waals surface area contributed by atoms with Crippen LogP contribution in [0.3, 0.4) is 0 Å². The Kier molecular flexibility index (Phi) is 20.3. The lowest BCUT2D eigenvalue weighted by atomic mass is 9.87. The molecule has 0 spiro atoms. The Labute approximate surface area is 328 Å². The lowest BCUT2D eigenvalue weighted by Crippen LogP contribution is -2.45. The number of carbonyl (C=O) groups is 4. The highest BCUT2D eigenvalue weighted by atomic mass is 32.2. The van der Waals surface area contributed by atoms with Crippen molar-refractivity contribution in [1.29, 1.82) is 0 Å². The van der Waals surface area contributed by atoms with Crippen molar-refractivity contribution in [2.75, 3.05) is 30.0 Å². The summed E-state index contributed by atoms with van der Waals surface area (Å²) in [4.78, 5) is 52.9. The number of ether oxygens (including phenoxy) is 4. The first-order valence-corrected chi connectivity index (χ1v) is 21.6. The van der Waals surface area contributed by atoms with Crippen LogP contribution in [0.5, 0.6) is 11.5 Å². The van der Waals surface area contributed by atoms with E-state index in [2.05, 4.69) is 17.0 Å². The Morgan fingerprint density at radius 3 is 1.64 bits per heavy atom. The fourth-order valence-corrected chi connectivity index (χ4v) is 6.32. The third-order valence-electron chi connectivity index (χ3n) is 8.72. The maximum atomic E-state index is 13.9. The molecule has 1 unspecified atom stereocenters. The first kappa shape index (κ1) is 47.0. The maximum absolute atomic E-state index is 13.9. The van der Waals surface area contributed by atoms with Crippen molar-refractivity contribution in [3.8, 4) is 11.5 Å². The Balaban J connectivity index is 2.11. The summed E-state index contributed by atoms with van der Waals surface area (Å²) in [6.07, 6.45) is 15.9. The van der Waals surface area contributed by atoms with Crippen molar-refractivity contribution < 1.29 is 46.5 Å². The molecule has 0 aliphatic rings. The van der Waals surface area contributed by atoms with E-state index in [0.717, 1.165) is 25.5 Å². The highest BCUT2D eigenvalue weighted by Crippen LogP contribution is 2.32. The van der Waals surface area contributed by atoms with Gasteiger partial charge in [-0.3, -0.25) is 14.3 Å². The number of nitrogens with one attached hydrogen (secondary N) is 2. The normalized spacial score (nSPS) is 12.2. The van der Waals surface area contributed by atoms with Crippen molar-refractivity contribution in [3.63, 3.8) is 0 Å². The van der Waals surface area contributed by atoms with Crippen LogP contribution in [0.4, 0.5) is 11.4 Å². The zero-order valence-corrected chi connectivity index (χ0v) is 35.0. The van der Waals surface area contributed by atoms with E-state index >= 15 is 0 Å². The zero-order chi connectivity index (χ0) is 41.0. The van der Waals surface area contributed by atoms with Crippen molar-refractivity contribution in [3.05, 3.63) is 47.5 Å². The number of hydrogen-bond donors (Lipinski definition) is 2. The van der Waals surface area contributed by atoms with Gasteiger partial charge in [0.1, 0.15) is 11.5 Å². The summed E-state index contributed by atoms with van der Waals surface area (Å²) in [6, 6.07) is 8.26. The van der Waals surface area contributed by atoms with Crippen molar-refractivity contribution >= 4 is 45.0 Å². The number of rotatable bonds is 26. The summed E-state index contributed by atoms with van der Waals surface area (Å²) in [7, 11) is -2.71. The summed E-state index contributed by atoms with van der Waals surface area (Å²) >= 11 is 0. The first-order chi connectivity index (χ1) is 26.0. The van der Waals surface area contributed by atoms with E-state index in [1.165, 1.54) is 102 Å². The minimum Gasteiger partial charge on any atom is -0.489 e. The monoisotopic (exact) mass is 788 g/mol. The Morgan fingerprint density at radius 1 is 0.691 bits per heavy atom. The number of benzene rings is 2. The smallest absolute Gasteiger partial charge is 0.338 e. The number of Topliss-reactive ketones (excluding diaryl/α,β-unsaturated/α-hetero) is 1. The fraction of sp³-hybridized carbons (Fsp3) is 0.619. The standard InChI is InChI=1S/C42H64N2O10S/c1-9-10-11-12-13-14-15-16-17-18-19-20-21-22-27-52-41(48)32-24-25-35(53-30(2)3)33(28-32)43-39(46)37(38(45)42(4,5)6)54-36-26-23-31(40(47)51-7)29-34(36)44-55(8,49)50/h23-26,28-30,37,44H,9-22,27H2,1-8H3,(H,43,46). The van der Waals surface area contributed by atoms with Crippen molar-refractivity contribution in [2.24, 2.45) is 5.41 Å². The van der Waals surface area contributed by atoms with Gasteiger partial charge in [-0.25, -0.2) is 18.0 Å². The molecule has 0 saturated heterocycles. The van der Waals surface area contributed by atoms with E-state index in [9.17, 15) is 27.6 Å². The molecule has 2 N–H and O–H groups in total. The van der Waals surface area contributed by atoms with Crippen LogP contribution < -0.4 is 19.5 Å². The van der Waals surface area contributed by atoms with Crippen molar-refractivity contribution in [2.45, 2.75) is 144 Å². The summed E-state index contributed by atoms with van der Waals surface area (Å²) in [6.45, 7) is 10.9. The van der Waals surface area contributed by atoms with E-state index in [4.69, 9.17) is 18.9 Å². The van der Waals surface area contributed by atoms with Gasteiger partial charge in [-0.2, -0.15) is 0 Å². The van der Waals surface area contributed by atoms with Gasteiger partial charge in [-0.05, 0) is 56.7 Å². The van der Waals surface area contributed by atoms with Gasteiger partial charge >= 0.3 is 11.9 Å². The van der Waals surface area contributed by atoms with Gasteiger partial charge in [0.05, 0.1) is 48.6 Å². The molecule has 0 fully saturated rings.